The highest BCUT2D eigenvalue weighted by Gasteiger charge is 1.88. The van der Waals surface area contributed by atoms with Crippen molar-refractivity contribution in [1.82, 2.24) is 0 Å². The Kier molecular flexibility index (Phi) is 25.9. The normalized spacial score (nSPS) is 10.0. The average Bonchev–Trinajstić information content (AvgIpc) is 2.21. The second kappa shape index (κ2) is 17.3. The van der Waals surface area contributed by atoms with Gasteiger partial charge in [-0.15, -0.1) is 11.8 Å². The SMILES string of the molecule is CC.CC.CC/C(C)=C(/C)SC. The molecule has 0 saturated carbocycles. The molecular formula is C11H26S. The molecule has 0 aromatic heterocycles. The average molecular weight is 190 g/mol. The molecule has 76 valence electrons. The second-order valence-corrected chi connectivity index (χ2v) is 2.91. The molecule has 0 bridgehead atoms. The van der Waals surface area contributed by atoms with Gasteiger partial charge in [0.15, 0.2) is 0 Å². The van der Waals surface area contributed by atoms with E-state index in [4.69, 9.17) is 0 Å². The minimum absolute atomic E-state index is 1.19. The molecule has 0 aromatic rings. The minimum Gasteiger partial charge on any atom is -0.134 e. The number of allylic oxidation sites excluding steroid dienone is 2. The fraction of sp³-hybridized carbons (Fsp3) is 0.818. The maximum atomic E-state index is 2.19. The number of rotatable bonds is 2. The topological polar surface area (TPSA) is 0 Å². The molecule has 1 heteroatoms. The molecule has 0 rings (SSSR count). The van der Waals surface area contributed by atoms with E-state index in [2.05, 4.69) is 27.0 Å². The van der Waals surface area contributed by atoms with Crippen LogP contribution in [0.4, 0.5) is 0 Å². The Morgan fingerprint density at radius 3 is 1.42 bits per heavy atom. The quantitative estimate of drug-likeness (QED) is 0.583. The van der Waals surface area contributed by atoms with Crippen molar-refractivity contribution >= 4 is 11.8 Å². The molecule has 0 radical (unpaired) electrons. The van der Waals surface area contributed by atoms with Crippen LogP contribution >= 0.6 is 11.8 Å². The van der Waals surface area contributed by atoms with Crippen molar-refractivity contribution < 1.29 is 0 Å². The van der Waals surface area contributed by atoms with Crippen LogP contribution in [0.15, 0.2) is 10.5 Å². The number of hydrogen-bond acceptors (Lipinski definition) is 1. The van der Waals surface area contributed by atoms with Gasteiger partial charge in [0, 0.05) is 0 Å². The van der Waals surface area contributed by atoms with Crippen molar-refractivity contribution in [3.63, 3.8) is 0 Å². The summed E-state index contributed by atoms with van der Waals surface area (Å²) in [6.45, 7) is 14.5. The zero-order chi connectivity index (χ0) is 10.6. The number of thioether (sulfide) groups is 1. The van der Waals surface area contributed by atoms with Gasteiger partial charge in [0.1, 0.15) is 0 Å². The molecule has 0 heterocycles. The van der Waals surface area contributed by atoms with Gasteiger partial charge in [0.2, 0.25) is 0 Å². The predicted octanol–water partition coefficient (Wildman–Crippen LogP) is 5.11. The van der Waals surface area contributed by atoms with Crippen LogP contribution in [0.25, 0.3) is 0 Å². The molecule has 0 unspecified atom stereocenters. The Hall–Kier alpha value is 0.0900. The summed E-state index contributed by atoms with van der Waals surface area (Å²) in [5, 5.41) is 0. The standard InChI is InChI=1S/C7H14S.2C2H6/c1-5-6(2)7(3)8-4;2*1-2/h5H2,1-4H3;2*1-2H3/b7-6-;;. The zero-order valence-electron chi connectivity index (χ0n) is 10.1. The van der Waals surface area contributed by atoms with Gasteiger partial charge in [0.25, 0.3) is 0 Å². The van der Waals surface area contributed by atoms with E-state index < -0.39 is 0 Å². The van der Waals surface area contributed by atoms with Gasteiger partial charge in [-0.2, -0.15) is 0 Å². The van der Waals surface area contributed by atoms with Crippen LogP contribution in [0, 0.1) is 0 Å². The molecule has 0 aliphatic heterocycles. The van der Waals surface area contributed by atoms with Crippen LogP contribution in [0.1, 0.15) is 54.9 Å². The summed E-state index contributed by atoms with van der Waals surface area (Å²) in [6, 6.07) is 0. The van der Waals surface area contributed by atoms with E-state index >= 15 is 0 Å². The maximum Gasteiger partial charge on any atom is -0.0140 e. The predicted molar refractivity (Wildman–Crippen MR) is 64.9 cm³/mol. The Morgan fingerprint density at radius 2 is 1.33 bits per heavy atom. The smallest absolute Gasteiger partial charge is 0.0140 e. The molecule has 0 atom stereocenters. The fourth-order valence-corrected chi connectivity index (χ4v) is 0.916. The van der Waals surface area contributed by atoms with Gasteiger partial charge < -0.3 is 0 Å². The lowest BCUT2D eigenvalue weighted by Gasteiger charge is -1.98. The third-order valence-corrected chi connectivity index (χ3v) is 2.40. The highest BCUT2D eigenvalue weighted by Crippen LogP contribution is 2.16. The van der Waals surface area contributed by atoms with Crippen LogP contribution < -0.4 is 0 Å². The van der Waals surface area contributed by atoms with Gasteiger partial charge in [-0.1, -0.05) is 40.2 Å². The lowest BCUT2D eigenvalue weighted by molar-refractivity contribution is 1.09. The van der Waals surface area contributed by atoms with E-state index in [-0.39, 0.29) is 0 Å². The van der Waals surface area contributed by atoms with Crippen LogP contribution in [0.5, 0.6) is 0 Å². The highest BCUT2D eigenvalue weighted by molar-refractivity contribution is 8.02. The fourth-order valence-electron chi connectivity index (χ4n) is 0.423. The summed E-state index contributed by atoms with van der Waals surface area (Å²) in [5.41, 5.74) is 1.51. The van der Waals surface area contributed by atoms with E-state index in [1.54, 1.807) is 0 Å². The molecule has 0 nitrogen and oxygen atoms in total. The highest BCUT2D eigenvalue weighted by atomic mass is 32.2. The van der Waals surface area contributed by atoms with E-state index in [0.717, 1.165) is 0 Å². The first-order valence-electron chi connectivity index (χ1n) is 4.92. The van der Waals surface area contributed by atoms with E-state index in [1.807, 2.05) is 39.5 Å². The molecule has 0 saturated heterocycles. The van der Waals surface area contributed by atoms with Gasteiger partial charge >= 0.3 is 0 Å². The molecule has 12 heavy (non-hydrogen) atoms. The summed E-state index contributed by atoms with van der Waals surface area (Å²) in [7, 11) is 0. The van der Waals surface area contributed by atoms with Crippen molar-refractivity contribution in [1.29, 1.82) is 0 Å². The van der Waals surface area contributed by atoms with Crippen LogP contribution in [-0.4, -0.2) is 6.26 Å². The van der Waals surface area contributed by atoms with Crippen molar-refractivity contribution in [2.75, 3.05) is 6.26 Å². The van der Waals surface area contributed by atoms with Crippen LogP contribution in [0.2, 0.25) is 0 Å². The van der Waals surface area contributed by atoms with Crippen molar-refractivity contribution in [3.05, 3.63) is 10.5 Å². The third kappa shape index (κ3) is 12.7. The summed E-state index contributed by atoms with van der Waals surface area (Å²) in [5.74, 6) is 0. The van der Waals surface area contributed by atoms with Crippen molar-refractivity contribution in [3.8, 4) is 0 Å². The van der Waals surface area contributed by atoms with Gasteiger partial charge in [0.05, 0.1) is 0 Å². The van der Waals surface area contributed by atoms with Crippen molar-refractivity contribution in [2.45, 2.75) is 54.9 Å². The lowest BCUT2D eigenvalue weighted by atomic mass is 10.2. The first-order chi connectivity index (χ1) is 5.72. The first kappa shape index (κ1) is 18.0. The summed E-state index contributed by atoms with van der Waals surface area (Å²) in [6.07, 6.45) is 3.31. The Bertz CT molecular complexity index is 81.2. The van der Waals surface area contributed by atoms with Crippen LogP contribution in [-0.2, 0) is 0 Å². The maximum absolute atomic E-state index is 2.19. The molecule has 0 aliphatic rings. The molecule has 0 fully saturated rings. The van der Waals surface area contributed by atoms with Crippen molar-refractivity contribution in [2.24, 2.45) is 0 Å². The second-order valence-electron chi connectivity index (χ2n) is 1.89. The summed E-state index contributed by atoms with van der Waals surface area (Å²) >= 11 is 1.84. The zero-order valence-corrected chi connectivity index (χ0v) is 10.9. The Morgan fingerprint density at radius 1 is 1.00 bits per heavy atom. The summed E-state index contributed by atoms with van der Waals surface area (Å²) in [4.78, 5) is 1.47. The molecule has 0 aliphatic carbocycles. The minimum atomic E-state index is 1.19. The number of hydrogen-bond donors (Lipinski definition) is 0. The molecule has 0 aromatic carbocycles. The molecule has 0 amide bonds. The molecule has 0 spiro atoms. The van der Waals surface area contributed by atoms with Gasteiger partial charge in [-0.25, -0.2) is 0 Å². The molecule has 0 N–H and O–H groups in total. The van der Waals surface area contributed by atoms with E-state index in [1.165, 1.54) is 16.9 Å². The van der Waals surface area contributed by atoms with Crippen LogP contribution in [0.3, 0.4) is 0 Å². The third-order valence-electron chi connectivity index (χ3n) is 1.44. The Labute approximate surface area is 83.8 Å². The lowest BCUT2D eigenvalue weighted by Crippen LogP contribution is -1.74. The van der Waals surface area contributed by atoms with Gasteiger partial charge in [-0.05, 0) is 31.4 Å². The van der Waals surface area contributed by atoms with E-state index in [9.17, 15) is 0 Å². The summed E-state index contributed by atoms with van der Waals surface area (Å²) < 4.78 is 0. The Balaban J connectivity index is -0.000000175. The largest absolute Gasteiger partial charge is 0.134 e. The van der Waals surface area contributed by atoms with Gasteiger partial charge in [-0.3, -0.25) is 0 Å². The molecular weight excluding hydrogens is 164 g/mol. The monoisotopic (exact) mass is 190 g/mol. The van der Waals surface area contributed by atoms with E-state index in [0.29, 0.717) is 0 Å². The first-order valence-corrected chi connectivity index (χ1v) is 6.15.